The first kappa shape index (κ1) is 17.8. The van der Waals surface area contributed by atoms with Gasteiger partial charge in [0.15, 0.2) is 5.82 Å². The first-order valence-electron chi connectivity index (χ1n) is 9.07. The predicted molar refractivity (Wildman–Crippen MR) is 107 cm³/mol. The summed E-state index contributed by atoms with van der Waals surface area (Å²) in [5, 5.41) is 8.70. The third kappa shape index (κ3) is 3.89. The zero-order valence-corrected chi connectivity index (χ0v) is 15.9. The Hall–Kier alpha value is -2.63. The molecule has 2 aromatic heterocycles. The first-order valence-corrected chi connectivity index (χ1v) is 9.45. The van der Waals surface area contributed by atoms with Crippen LogP contribution in [0.1, 0.15) is 23.4 Å². The predicted octanol–water partition coefficient (Wildman–Crippen LogP) is 4.67. The highest BCUT2D eigenvalue weighted by Gasteiger charge is 2.17. The number of fused-ring (bicyclic) bond motifs is 1. The van der Waals surface area contributed by atoms with Crippen molar-refractivity contribution < 1.29 is 4.42 Å². The minimum Gasteiger partial charge on any atom is -0.427 e. The number of hydrogen-bond donors (Lipinski definition) is 1. The molecule has 4 aromatic rings. The molecule has 2 aromatic carbocycles. The van der Waals surface area contributed by atoms with Gasteiger partial charge < -0.3 is 9.73 Å². The molecule has 0 aliphatic rings. The molecular formula is C21H21ClN4O. The minimum atomic E-state index is 0.489. The summed E-state index contributed by atoms with van der Waals surface area (Å²) in [6.07, 6.45) is 2.14. The third-order valence-corrected chi connectivity index (χ3v) is 4.88. The fourth-order valence-corrected chi connectivity index (χ4v) is 3.33. The van der Waals surface area contributed by atoms with Crippen molar-refractivity contribution in [3.05, 3.63) is 76.6 Å². The molecule has 6 heteroatoms. The lowest BCUT2D eigenvalue weighted by atomic mass is 10.1. The Balaban J connectivity index is 1.42. The SMILES string of the molecule is Cc1oc2nc(-c3ccccc3Cl)nn2c1CNCCCc1ccccc1. The number of oxazole rings is 1. The molecule has 0 amide bonds. The van der Waals surface area contributed by atoms with Crippen LogP contribution in [0, 0.1) is 6.92 Å². The Bertz CT molecular complexity index is 1040. The fourth-order valence-electron chi connectivity index (χ4n) is 3.11. The number of aromatic nitrogens is 3. The van der Waals surface area contributed by atoms with Crippen molar-refractivity contribution in [1.82, 2.24) is 19.9 Å². The fraction of sp³-hybridized carbons (Fsp3) is 0.238. The van der Waals surface area contributed by atoms with Crippen LogP contribution in [0.2, 0.25) is 5.02 Å². The van der Waals surface area contributed by atoms with E-state index in [-0.39, 0.29) is 0 Å². The van der Waals surface area contributed by atoms with Gasteiger partial charge in [0, 0.05) is 12.1 Å². The van der Waals surface area contributed by atoms with Crippen LogP contribution in [0.25, 0.3) is 17.2 Å². The van der Waals surface area contributed by atoms with Crippen molar-refractivity contribution in [1.29, 1.82) is 0 Å². The molecule has 0 aliphatic carbocycles. The van der Waals surface area contributed by atoms with Gasteiger partial charge in [-0.05, 0) is 44.0 Å². The molecule has 1 N–H and O–H groups in total. The lowest BCUT2D eigenvalue weighted by Gasteiger charge is -2.04. The van der Waals surface area contributed by atoms with E-state index in [4.69, 9.17) is 16.0 Å². The molecule has 0 fully saturated rings. The van der Waals surface area contributed by atoms with E-state index in [1.807, 2.05) is 37.3 Å². The van der Waals surface area contributed by atoms with Crippen LogP contribution in [-0.4, -0.2) is 21.1 Å². The number of benzene rings is 2. The van der Waals surface area contributed by atoms with Gasteiger partial charge >= 0.3 is 5.84 Å². The molecule has 0 bridgehead atoms. The van der Waals surface area contributed by atoms with E-state index >= 15 is 0 Å². The second-order valence-electron chi connectivity index (χ2n) is 6.48. The Morgan fingerprint density at radius 3 is 2.67 bits per heavy atom. The molecule has 0 unspecified atom stereocenters. The molecular weight excluding hydrogens is 360 g/mol. The Morgan fingerprint density at radius 1 is 1.07 bits per heavy atom. The molecule has 4 rings (SSSR count). The topological polar surface area (TPSA) is 55.4 Å². The third-order valence-electron chi connectivity index (χ3n) is 4.55. The van der Waals surface area contributed by atoms with Gasteiger partial charge in [0.05, 0.1) is 10.7 Å². The van der Waals surface area contributed by atoms with Crippen LogP contribution >= 0.6 is 11.6 Å². The van der Waals surface area contributed by atoms with E-state index in [1.165, 1.54) is 5.56 Å². The summed E-state index contributed by atoms with van der Waals surface area (Å²) in [5.74, 6) is 1.89. The highest BCUT2D eigenvalue weighted by Crippen LogP contribution is 2.26. The maximum atomic E-state index is 6.26. The summed E-state index contributed by atoms with van der Waals surface area (Å²) in [5.41, 5.74) is 3.15. The van der Waals surface area contributed by atoms with Gasteiger partial charge in [0.2, 0.25) is 0 Å². The first-order chi connectivity index (χ1) is 13.2. The number of nitrogens with zero attached hydrogens (tertiary/aromatic N) is 3. The van der Waals surface area contributed by atoms with E-state index in [2.05, 4.69) is 39.7 Å². The zero-order valence-electron chi connectivity index (χ0n) is 15.2. The summed E-state index contributed by atoms with van der Waals surface area (Å²) < 4.78 is 7.54. The molecule has 138 valence electrons. The number of halogens is 1. The standard InChI is InChI=1S/C21H21ClN4O/c1-15-19(14-23-13-7-10-16-8-3-2-4-9-16)26-21(27-15)24-20(25-26)17-11-5-6-12-18(17)22/h2-6,8-9,11-12,23H,7,10,13-14H2,1H3. The van der Waals surface area contributed by atoms with Gasteiger partial charge in [-0.15, -0.1) is 5.10 Å². The van der Waals surface area contributed by atoms with Gasteiger partial charge in [-0.3, -0.25) is 0 Å². The highest BCUT2D eigenvalue weighted by molar-refractivity contribution is 6.33. The van der Waals surface area contributed by atoms with Crippen LogP contribution in [0.4, 0.5) is 0 Å². The number of hydrogen-bond acceptors (Lipinski definition) is 4. The number of aryl methyl sites for hydroxylation is 2. The lowest BCUT2D eigenvalue weighted by molar-refractivity contribution is 0.554. The molecule has 0 spiro atoms. The molecule has 0 aliphatic heterocycles. The molecule has 0 saturated heterocycles. The van der Waals surface area contributed by atoms with Crippen LogP contribution < -0.4 is 5.32 Å². The maximum absolute atomic E-state index is 6.26. The van der Waals surface area contributed by atoms with Crippen molar-refractivity contribution >= 4 is 17.4 Å². The van der Waals surface area contributed by atoms with Gasteiger partial charge in [0.1, 0.15) is 5.76 Å². The van der Waals surface area contributed by atoms with Gasteiger partial charge in [-0.1, -0.05) is 54.1 Å². The lowest BCUT2D eigenvalue weighted by Crippen LogP contribution is -2.17. The normalized spacial score (nSPS) is 11.3. The average molecular weight is 381 g/mol. The minimum absolute atomic E-state index is 0.489. The zero-order chi connectivity index (χ0) is 18.6. The van der Waals surface area contributed by atoms with E-state index in [0.717, 1.165) is 36.4 Å². The number of nitrogens with one attached hydrogen (secondary N) is 1. The van der Waals surface area contributed by atoms with Gasteiger partial charge in [-0.2, -0.15) is 9.50 Å². The van der Waals surface area contributed by atoms with E-state index in [1.54, 1.807) is 4.52 Å². The van der Waals surface area contributed by atoms with Crippen LogP contribution in [0.5, 0.6) is 0 Å². The summed E-state index contributed by atoms with van der Waals surface area (Å²) in [7, 11) is 0. The van der Waals surface area contributed by atoms with Crippen molar-refractivity contribution in [2.24, 2.45) is 0 Å². The Labute approximate surface area is 163 Å². The van der Waals surface area contributed by atoms with E-state index in [9.17, 15) is 0 Å². The van der Waals surface area contributed by atoms with Crippen LogP contribution in [0.3, 0.4) is 0 Å². The van der Waals surface area contributed by atoms with Crippen LogP contribution in [-0.2, 0) is 13.0 Å². The monoisotopic (exact) mass is 380 g/mol. The van der Waals surface area contributed by atoms with Crippen molar-refractivity contribution in [3.63, 3.8) is 0 Å². The van der Waals surface area contributed by atoms with Gasteiger partial charge in [-0.25, -0.2) is 0 Å². The molecule has 0 saturated carbocycles. The average Bonchev–Trinajstić information content (AvgIpc) is 3.20. The summed E-state index contributed by atoms with van der Waals surface area (Å²) in [4.78, 5) is 4.48. The van der Waals surface area contributed by atoms with Crippen LogP contribution in [0.15, 0.2) is 59.0 Å². The smallest absolute Gasteiger partial charge is 0.325 e. The molecule has 2 heterocycles. The largest absolute Gasteiger partial charge is 0.427 e. The number of rotatable bonds is 7. The quantitative estimate of drug-likeness (QED) is 0.473. The molecule has 27 heavy (non-hydrogen) atoms. The second-order valence-corrected chi connectivity index (χ2v) is 6.89. The van der Waals surface area contributed by atoms with E-state index in [0.29, 0.717) is 23.2 Å². The summed E-state index contributed by atoms with van der Waals surface area (Å²) in [6, 6.07) is 18.1. The maximum Gasteiger partial charge on any atom is 0.325 e. The Kier molecular flexibility index (Phi) is 5.23. The second kappa shape index (κ2) is 7.94. The highest BCUT2D eigenvalue weighted by atomic mass is 35.5. The summed E-state index contributed by atoms with van der Waals surface area (Å²) in [6.45, 7) is 3.54. The van der Waals surface area contributed by atoms with Crippen molar-refractivity contribution in [2.45, 2.75) is 26.3 Å². The van der Waals surface area contributed by atoms with Crippen molar-refractivity contribution in [3.8, 4) is 11.4 Å². The van der Waals surface area contributed by atoms with Crippen molar-refractivity contribution in [2.75, 3.05) is 6.54 Å². The summed E-state index contributed by atoms with van der Waals surface area (Å²) >= 11 is 6.26. The van der Waals surface area contributed by atoms with Gasteiger partial charge in [0.25, 0.3) is 0 Å². The Morgan fingerprint density at radius 2 is 1.85 bits per heavy atom. The molecule has 0 atom stereocenters. The molecule has 0 radical (unpaired) electrons. The van der Waals surface area contributed by atoms with E-state index < -0.39 is 0 Å². The molecule has 5 nitrogen and oxygen atoms in total.